The van der Waals surface area contributed by atoms with Gasteiger partial charge in [-0.1, -0.05) is 25.4 Å². The number of hydrogen-bond acceptors (Lipinski definition) is 5. The highest BCUT2D eigenvalue weighted by Gasteiger charge is 2.29. The fraction of sp³-hybridized carbons (Fsp3) is 0.364. The van der Waals surface area contributed by atoms with Crippen molar-refractivity contribution in [2.45, 2.75) is 24.8 Å². The normalized spacial score (nSPS) is 13.1. The van der Waals surface area contributed by atoms with Gasteiger partial charge in [0.2, 0.25) is 10.0 Å². The summed E-state index contributed by atoms with van der Waals surface area (Å²) in [7, 11) is -4.21. The number of carboxylic acid groups (broad SMARTS) is 1. The number of nitro benzene ring substituents is 1. The van der Waals surface area contributed by atoms with Crippen LogP contribution in [0.25, 0.3) is 0 Å². The topological polar surface area (TPSA) is 127 Å². The molecular weight excluding hydrogens is 324 g/mol. The van der Waals surface area contributed by atoms with Gasteiger partial charge in [-0.05, 0) is 12.0 Å². The average Bonchev–Trinajstić information content (AvgIpc) is 2.34. The van der Waals surface area contributed by atoms with Crippen molar-refractivity contribution in [2.24, 2.45) is 5.92 Å². The third kappa shape index (κ3) is 4.13. The zero-order valence-electron chi connectivity index (χ0n) is 11.1. The van der Waals surface area contributed by atoms with Crippen molar-refractivity contribution < 1.29 is 23.2 Å². The summed E-state index contributed by atoms with van der Waals surface area (Å²) in [5.41, 5.74) is -0.363. The molecule has 21 heavy (non-hydrogen) atoms. The lowest BCUT2D eigenvalue weighted by atomic mass is 10.1. The van der Waals surface area contributed by atoms with Crippen molar-refractivity contribution in [3.63, 3.8) is 0 Å². The van der Waals surface area contributed by atoms with Gasteiger partial charge in [-0.25, -0.2) is 8.42 Å². The molecule has 1 rings (SSSR count). The van der Waals surface area contributed by atoms with Crippen molar-refractivity contribution >= 4 is 33.3 Å². The predicted octanol–water partition coefficient (Wildman–Crippen LogP) is 1.64. The summed E-state index contributed by atoms with van der Waals surface area (Å²) >= 11 is 5.73. The van der Waals surface area contributed by atoms with Gasteiger partial charge in [0.25, 0.3) is 5.69 Å². The SMILES string of the molecule is CC(C)[C@@H](NS(=O)(=O)c1ccc([N+](=O)[O-])cc1Cl)C(=O)O. The molecule has 0 amide bonds. The minimum Gasteiger partial charge on any atom is -0.480 e. The molecule has 10 heteroatoms. The zero-order valence-corrected chi connectivity index (χ0v) is 12.7. The minimum atomic E-state index is -4.21. The molecule has 1 aromatic rings. The lowest BCUT2D eigenvalue weighted by molar-refractivity contribution is -0.384. The standard InChI is InChI=1S/C11H13ClN2O6S/c1-6(2)10(11(15)16)13-21(19,20)9-4-3-7(14(17)18)5-8(9)12/h3-6,10,13H,1-2H3,(H,15,16)/t10-/m1/s1. The summed E-state index contributed by atoms with van der Waals surface area (Å²) in [6, 6.07) is 1.50. The van der Waals surface area contributed by atoms with E-state index in [1.807, 2.05) is 4.72 Å². The number of nitro groups is 1. The van der Waals surface area contributed by atoms with Crippen molar-refractivity contribution in [2.75, 3.05) is 0 Å². The summed E-state index contributed by atoms with van der Waals surface area (Å²) in [4.78, 5) is 20.5. The van der Waals surface area contributed by atoms with E-state index in [1.54, 1.807) is 13.8 Å². The lowest BCUT2D eigenvalue weighted by Crippen LogP contribution is -2.44. The van der Waals surface area contributed by atoms with Crippen LogP contribution in [0.15, 0.2) is 23.1 Å². The number of carboxylic acids is 1. The average molecular weight is 337 g/mol. The van der Waals surface area contributed by atoms with Crippen LogP contribution in [0.3, 0.4) is 0 Å². The first-order valence-corrected chi connectivity index (χ1v) is 7.61. The maximum atomic E-state index is 12.1. The minimum absolute atomic E-state index is 0.357. The van der Waals surface area contributed by atoms with E-state index in [4.69, 9.17) is 16.7 Å². The van der Waals surface area contributed by atoms with E-state index in [0.717, 1.165) is 18.2 Å². The fourth-order valence-corrected chi connectivity index (χ4v) is 3.40. The van der Waals surface area contributed by atoms with E-state index in [-0.39, 0.29) is 10.7 Å². The summed E-state index contributed by atoms with van der Waals surface area (Å²) in [6.45, 7) is 3.08. The Kier molecular flexibility index (Phi) is 5.26. The highest BCUT2D eigenvalue weighted by molar-refractivity contribution is 7.89. The molecule has 0 unspecified atom stereocenters. The van der Waals surface area contributed by atoms with E-state index in [1.165, 1.54) is 0 Å². The maximum absolute atomic E-state index is 12.1. The van der Waals surface area contributed by atoms with Crippen LogP contribution in [-0.4, -0.2) is 30.5 Å². The first kappa shape index (κ1) is 17.3. The monoisotopic (exact) mass is 336 g/mol. The molecule has 0 aliphatic rings. The number of hydrogen-bond donors (Lipinski definition) is 2. The number of rotatable bonds is 6. The van der Waals surface area contributed by atoms with Crippen molar-refractivity contribution in [1.82, 2.24) is 4.72 Å². The number of nitrogens with zero attached hydrogens (tertiary/aromatic N) is 1. The smallest absolute Gasteiger partial charge is 0.322 e. The predicted molar refractivity (Wildman–Crippen MR) is 74.7 cm³/mol. The van der Waals surface area contributed by atoms with Crippen LogP contribution < -0.4 is 4.72 Å². The highest BCUT2D eigenvalue weighted by Crippen LogP contribution is 2.26. The molecule has 2 N–H and O–H groups in total. The van der Waals surface area contributed by atoms with E-state index < -0.39 is 37.8 Å². The third-order valence-corrected chi connectivity index (χ3v) is 4.55. The fourth-order valence-electron chi connectivity index (χ4n) is 1.52. The number of aliphatic carboxylic acids is 1. The second kappa shape index (κ2) is 6.37. The Balaban J connectivity index is 3.19. The van der Waals surface area contributed by atoms with E-state index >= 15 is 0 Å². The Morgan fingerprint density at radius 3 is 2.38 bits per heavy atom. The number of carbonyl (C=O) groups is 1. The number of benzene rings is 1. The zero-order chi connectivity index (χ0) is 16.4. The molecule has 0 aliphatic heterocycles. The van der Waals surface area contributed by atoms with Gasteiger partial charge < -0.3 is 5.11 Å². The van der Waals surface area contributed by atoms with Crippen LogP contribution in [0.4, 0.5) is 5.69 Å². The molecule has 0 radical (unpaired) electrons. The van der Waals surface area contributed by atoms with Gasteiger partial charge in [-0.2, -0.15) is 4.72 Å². The lowest BCUT2D eigenvalue weighted by Gasteiger charge is -2.18. The quantitative estimate of drug-likeness (QED) is 0.600. The summed E-state index contributed by atoms with van der Waals surface area (Å²) in [6.07, 6.45) is 0. The molecule has 116 valence electrons. The van der Waals surface area contributed by atoms with Crippen LogP contribution in [-0.2, 0) is 14.8 Å². The van der Waals surface area contributed by atoms with Gasteiger partial charge in [0.05, 0.1) is 9.95 Å². The number of non-ortho nitro benzene ring substituents is 1. The van der Waals surface area contributed by atoms with E-state index in [0.29, 0.717) is 0 Å². The van der Waals surface area contributed by atoms with Gasteiger partial charge in [0.15, 0.2) is 0 Å². The molecule has 0 spiro atoms. The van der Waals surface area contributed by atoms with Crippen LogP contribution in [0.5, 0.6) is 0 Å². The van der Waals surface area contributed by atoms with Gasteiger partial charge in [0.1, 0.15) is 10.9 Å². The molecule has 0 saturated heterocycles. The van der Waals surface area contributed by atoms with Gasteiger partial charge in [-0.3, -0.25) is 14.9 Å². The van der Waals surface area contributed by atoms with Crippen molar-refractivity contribution in [3.8, 4) is 0 Å². The molecule has 0 heterocycles. The Labute approximate surface area is 125 Å². The molecule has 0 aromatic heterocycles. The number of sulfonamides is 1. The van der Waals surface area contributed by atoms with Crippen molar-refractivity contribution in [3.05, 3.63) is 33.3 Å². The second-order valence-electron chi connectivity index (χ2n) is 4.55. The number of halogens is 1. The third-order valence-electron chi connectivity index (χ3n) is 2.63. The first-order chi connectivity index (χ1) is 9.56. The van der Waals surface area contributed by atoms with Crippen LogP contribution in [0.1, 0.15) is 13.8 Å². The van der Waals surface area contributed by atoms with E-state index in [2.05, 4.69) is 0 Å². The van der Waals surface area contributed by atoms with Crippen LogP contribution >= 0.6 is 11.6 Å². The number of nitrogens with one attached hydrogen (secondary N) is 1. The maximum Gasteiger partial charge on any atom is 0.322 e. The summed E-state index contributed by atoms with van der Waals surface area (Å²) in [5, 5.41) is 19.2. The molecule has 0 saturated carbocycles. The van der Waals surface area contributed by atoms with Gasteiger partial charge in [0, 0.05) is 12.1 Å². The Hall–Kier alpha value is -1.71. The summed E-state index contributed by atoms with van der Waals surface area (Å²) < 4.78 is 26.3. The molecule has 0 aliphatic carbocycles. The molecule has 8 nitrogen and oxygen atoms in total. The van der Waals surface area contributed by atoms with Gasteiger partial charge >= 0.3 is 5.97 Å². The largest absolute Gasteiger partial charge is 0.480 e. The van der Waals surface area contributed by atoms with Crippen LogP contribution in [0.2, 0.25) is 5.02 Å². The van der Waals surface area contributed by atoms with Crippen molar-refractivity contribution in [1.29, 1.82) is 0 Å². The van der Waals surface area contributed by atoms with Crippen LogP contribution in [0, 0.1) is 16.0 Å². The molecule has 1 atom stereocenters. The Bertz CT molecular complexity index is 673. The van der Waals surface area contributed by atoms with Gasteiger partial charge in [-0.15, -0.1) is 0 Å². The Morgan fingerprint density at radius 1 is 1.43 bits per heavy atom. The highest BCUT2D eigenvalue weighted by atomic mass is 35.5. The molecule has 0 fully saturated rings. The second-order valence-corrected chi connectivity index (χ2v) is 6.64. The molecule has 1 aromatic carbocycles. The summed E-state index contributed by atoms with van der Waals surface area (Å²) in [5.74, 6) is -1.82. The van der Waals surface area contributed by atoms with E-state index in [9.17, 15) is 23.3 Å². The molecular formula is C11H13ClN2O6S. The molecule has 0 bridgehead atoms. The first-order valence-electron chi connectivity index (χ1n) is 5.75. The Morgan fingerprint density at radius 2 is 2.00 bits per heavy atom.